The molecule has 0 fully saturated rings. The fourth-order valence-corrected chi connectivity index (χ4v) is 2.74. The van der Waals surface area contributed by atoms with Crippen LogP contribution < -0.4 is 5.32 Å². The number of likely N-dealkylation sites (N-methyl/N-ethyl adjacent to an activating group) is 1. The Hall–Kier alpha value is -1.64. The zero-order valence-corrected chi connectivity index (χ0v) is 14.1. The summed E-state index contributed by atoms with van der Waals surface area (Å²) in [6, 6.07) is 21.7. The molecule has 0 radical (unpaired) electrons. The summed E-state index contributed by atoms with van der Waals surface area (Å²) in [7, 11) is 2.34. The monoisotopic (exact) mass is 297 g/mol. The number of nitrogens with zero attached hydrogens (tertiary/aromatic N) is 1. The molecule has 2 nitrogen and oxygen atoms in total. The normalized spacial score (nSPS) is 11.8. The summed E-state index contributed by atoms with van der Waals surface area (Å²) >= 11 is 0. The SMILES string of the molecule is CC[N+](C)(CC)CCNC(c1ccccc1)c1ccccc1. The maximum Gasteiger partial charge on any atom is 0.0911 e. The van der Waals surface area contributed by atoms with Crippen LogP contribution in [0.1, 0.15) is 31.0 Å². The summed E-state index contributed by atoms with van der Waals surface area (Å²) in [6.07, 6.45) is 0. The van der Waals surface area contributed by atoms with Gasteiger partial charge in [-0.3, -0.25) is 0 Å². The summed E-state index contributed by atoms with van der Waals surface area (Å²) in [4.78, 5) is 0. The van der Waals surface area contributed by atoms with Crippen LogP contribution in [0.4, 0.5) is 0 Å². The van der Waals surface area contributed by atoms with Crippen molar-refractivity contribution in [1.29, 1.82) is 0 Å². The number of benzene rings is 2. The van der Waals surface area contributed by atoms with Crippen LogP contribution in [-0.4, -0.2) is 37.7 Å². The van der Waals surface area contributed by atoms with Crippen LogP contribution >= 0.6 is 0 Å². The summed E-state index contributed by atoms with van der Waals surface area (Å²) in [6.45, 7) is 9.08. The van der Waals surface area contributed by atoms with Crippen LogP contribution in [0.5, 0.6) is 0 Å². The van der Waals surface area contributed by atoms with E-state index in [-0.39, 0.29) is 6.04 Å². The Morgan fingerprint density at radius 3 is 1.68 bits per heavy atom. The first-order valence-electron chi connectivity index (χ1n) is 8.35. The summed E-state index contributed by atoms with van der Waals surface area (Å²) in [5.74, 6) is 0. The fourth-order valence-electron chi connectivity index (χ4n) is 2.74. The van der Waals surface area contributed by atoms with Crippen LogP contribution in [-0.2, 0) is 0 Å². The lowest BCUT2D eigenvalue weighted by Crippen LogP contribution is -2.48. The van der Waals surface area contributed by atoms with Crippen molar-refractivity contribution in [3.05, 3.63) is 71.8 Å². The predicted molar refractivity (Wildman–Crippen MR) is 94.9 cm³/mol. The van der Waals surface area contributed by atoms with E-state index in [1.165, 1.54) is 24.2 Å². The highest BCUT2D eigenvalue weighted by Crippen LogP contribution is 2.21. The highest BCUT2D eigenvalue weighted by molar-refractivity contribution is 5.31. The van der Waals surface area contributed by atoms with Crippen LogP contribution in [0, 0.1) is 0 Å². The Morgan fingerprint density at radius 1 is 0.818 bits per heavy atom. The van der Waals surface area contributed by atoms with E-state index in [1.54, 1.807) is 0 Å². The number of nitrogens with one attached hydrogen (secondary N) is 1. The highest BCUT2D eigenvalue weighted by atomic mass is 15.3. The van der Waals surface area contributed by atoms with Crippen molar-refractivity contribution in [2.75, 3.05) is 33.2 Å². The molecule has 0 bridgehead atoms. The Balaban J connectivity index is 2.10. The third-order valence-electron chi connectivity index (χ3n) is 4.79. The molecule has 0 aromatic heterocycles. The predicted octanol–water partition coefficient (Wildman–Crippen LogP) is 3.85. The highest BCUT2D eigenvalue weighted by Gasteiger charge is 2.18. The molecular weight excluding hydrogens is 268 g/mol. The molecule has 0 aliphatic carbocycles. The smallest absolute Gasteiger partial charge is 0.0911 e. The van der Waals surface area contributed by atoms with Gasteiger partial charge >= 0.3 is 0 Å². The van der Waals surface area contributed by atoms with E-state index in [2.05, 4.69) is 86.9 Å². The van der Waals surface area contributed by atoms with Gasteiger partial charge in [0.25, 0.3) is 0 Å². The first kappa shape index (κ1) is 16.7. The zero-order valence-electron chi connectivity index (χ0n) is 14.1. The molecule has 0 heterocycles. The van der Waals surface area contributed by atoms with E-state index in [0.717, 1.165) is 17.6 Å². The lowest BCUT2D eigenvalue weighted by Gasteiger charge is -2.33. The molecule has 2 rings (SSSR count). The van der Waals surface area contributed by atoms with E-state index >= 15 is 0 Å². The largest absolute Gasteiger partial charge is 0.325 e. The van der Waals surface area contributed by atoms with E-state index in [9.17, 15) is 0 Å². The van der Waals surface area contributed by atoms with Crippen LogP contribution in [0.3, 0.4) is 0 Å². The second-order valence-electron chi connectivity index (χ2n) is 6.18. The molecule has 0 saturated heterocycles. The standard InChI is InChI=1S/C20H29N2/c1-4-22(3,5-2)17-16-21-20(18-12-8-6-9-13-18)19-14-10-7-11-15-19/h6-15,20-21H,4-5,16-17H2,1-3H3/q+1. The number of hydrogen-bond donors (Lipinski definition) is 1. The van der Waals surface area contributed by atoms with Gasteiger partial charge in [-0.05, 0) is 25.0 Å². The Kier molecular flexibility index (Phi) is 6.17. The Bertz CT molecular complexity index is 493. The van der Waals surface area contributed by atoms with Gasteiger partial charge in [-0.15, -0.1) is 0 Å². The van der Waals surface area contributed by atoms with Crippen LogP contribution in [0.25, 0.3) is 0 Å². The van der Waals surface area contributed by atoms with Gasteiger partial charge in [-0.2, -0.15) is 0 Å². The molecule has 2 heteroatoms. The van der Waals surface area contributed by atoms with Crippen molar-refractivity contribution in [2.24, 2.45) is 0 Å². The van der Waals surface area contributed by atoms with Gasteiger partial charge in [-0.1, -0.05) is 60.7 Å². The molecule has 0 unspecified atom stereocenters. The van der Waals surface area contributed by atoms with Gasteiger partial charge in [0, 0.05) is 6.54 Å². The fraction of sp³-hybridized carbons (Fsp3) is 0.400. The van der Waals surface area contributed by atoms with Crippen molar-refractivity contribution in [3.8, 4) is 0 Å². The topological polar surface area (TPSA) is 12.0 Å². The average molecular weight is 297 g/mol. The van der Waals surface area contributed by atoms with Crippen molar-refractivity contribution in [1.82, 2.24) is 5.32 Å². The van der Waals surface area contributed by atoms with Crippen LogP contribution in [0.15, 0.2) is 60.7 Å². The Labute approximate surface area is 135 Å². The van der Waals surface area contributed by atoms with Gasteiger partial charge in [0.1, 0.15) is 0 Å². The summed E-state index contributed by atoms with van der Waals surface area (Å²) in [5, 5.41) is 3.76. The van der Waals surface area contributed by atoms with Crippen molar-refractivity contribution < 1.29 is 4.48 Å². The van der Waals surface area contributed by atoms with Crippen molar-refractivity contribution in [2.45, 2.75) is 19.9 Å². The van der Waals surface area contributed by atoms with Gasteiger partial charge in [0.2, 0.25) is 0 Å². The first-order valence-corrected chi connectivity index (χ1v) is 8.35. The minimum Gasteiger partial charge on any atom is -0.325 e. The molecule has 1 N–H and O–H groups in total. The number of rotatable bonds is 8. The summed E-state index contributed by atoms with van der Waals surface area (Å²) in [5.41, 5.74) is 2.66. The van der Waals surface area contributed by atoms with E-state index in [0.29, 0.717) is 0 Å². The van der Waals surface area contributed by atoms with Gasteiger partial charge in [-0.25, -0.2) is 0 Å². The van der Waals surface area contributed by atoms with Gasteiger partial charge < -0.3 is 9.80 Å². The van der Waals surface area contributed by atoms with E-state index in [4.69, 9.17) is 0 Å². The maximum absolute atomic E-state index is 3.76. The summed E-state index contributed by atoms with van der Waals surface area (Å²) < 4.78 is 1.11. The lowest BCUT2D eigenvalue weighted by atomic mass is 9.99. The van der Waals surface area contributed by atoms with Gasteiger partial charge in [0.05, 0.1) is 32.7 Å². The molecule has 118 valence electrons. The van der Waals surface area contributed by atoms with E-state index in [1.807, 2.05) is 0 Å². The quantitative estimate of drug-likeness (QED) is 0.730. The molecular formula is C20H29N2+. The third-order valence-corrected chi connectivity index (χ3v) is 4.79. The second kappa shape index (κ2) is 8.11. The zero-order chi connectivity index (χ0) is 15.8. The van der Waals surface area contributed by atoms with Crippen molar-refractivity contribution in [3.63, 3.8) is 0 Å². The molecule has 2 aromatic carbocycles. The average Bonchev–Trinajstić information content (AvgIpc) is 2.60. The van der Waals surface area contributed by atoms with Crippen molar-refractivity contribution >= 4 is 0 Å². The van der Waals surface area contributed by atoms with Crippen LogP contribution in [0.2, 0.25) is 0 Å². The molecule has 0 spiro atoms. The minimum absolute atomic E-state index is 0.268. The van der Waals surface area contributed by atoms with Gasteiger partial charge in [0.15, 0.2) is 0 Å². The maximum atomic E-state index is 3.76. The molecule has 22 heavy (non-hydrogen) atoms. The molecule has 0 aliphatic rings. The Morgan fingerprint density at radius 2 is 1.27 bits per heavy atom. The van der Waals surface area contributed by atoms with E-state index < -0.39 is 0 Å². The minimum atomic E-state index is 0.268. The molecule has 0 aliphatic heterocycles. The molecule has 0 amide bonds. The molecule has 2 aromatic rings. The first-order chi connectivity index (χ1) is 10.7. The molecule has 0 saturated carbocycles. The second-order valence-corrected chi connectivity index (χ2v) is 6.18. The molecule has 0 atom stereocenters. The lowest BCUT2D eigenvalue weighted by molar-refractivity contribution is -0.905. The number of quaternary nitrogens is 1. The number of hydrogen-bond acceptors (Lipinski definition) is 1. The third kappa shape index (κ3) is 4.43.